The van der Waals surface area contributed by atoms with Crippen LogP contribution in [-0.4, -0.2) is 17.2 Å². The molecule has 0 saturated heterocycles. The summed E-state index contributed by atoms with van der Waals surface area (Å²) in [7, 11) is 1.60. The lowest BCUT2D eigenvalue weighted by molar-refractivity contribution is 0.209. The van der Waals surface area contributed by atoms with Gasteiger partial charge in [-0.3, -0.25) is 4.98 Å². The van der Waals surface area contributed by atoms with Crippen LogP contribution in [0.1, 0.15) is 28.6 Å². The van der Waals surface area contributed by atoms with Gasteiger partial charge in [0.05, 0.1) is 12.8 Å². The van der Waals surface area contributed by atoms with E-state index in [1.807, 2.05) is 50.2 Å². The van der Waals surface area contributed by atoms with Crippen molar-refractivity contribution in [3.05, 3.63) is 58.9 Å². The first-order chi connectivity index (χ1) is 8.61. The third-order valence-corrected chi connectivity index (χ3v) is 2.87. The van der Waals surface area contributed by atoms with E-state index in [4.69, 9.17) is 4.74 Å². The quantitative estimate of drug-likeness (QED) is 0.901. The van der Waals surface area contributed by atoms with E-state index in [9.17, 15) is 5.11 Å². The summed E-state index contributed by atoms with van der Waals surface area (Å²) < 4.78 is 5.29. The summed E-state index contributed by atoms with van der Waals surface area (Å²) in [5, 5.41) is 10.4. The van der Waals surface area contributed by atoms with E-state index in [2.05, 4.69) is 4.98 Å². The fourth-order valence-electron chi connectivity index (χ4n) is 1.94. The number of aliphatic hydroxyl groups is 1. The molecular formula is C15H17NO2. The van der Waals surface area contributed by atoms with Gasteiger partial charge in [0, 0.05) is 11.3 Å². The molecule has 2 rings (SSSR count). The maximum Gasteiger partial charge on any atom is 0.125 e. The van der Waals surface area contributed by atoms with Crippen molar-refractivity contribution in [3.8, 4) is 5.75 Å². The summed E-state index contributed by atoms with van der Waals surface area (Å²) in [6, 6.07) is 11.4. The van der Waals surface area contributed by atoms with Gasteiger partial charge in [-0.05, 0) is 38.1 Å². The first kappa shape index (κ1) is 12.6. The summed E-state index contributed by atoms with van der Waals surface area (Å²) >= 11 is 0. The van der Waals surface area contributed by atoms with Crippen molar-refractivity contribution in [2.75, 3.05) is 7.11 Å². The Balaban J connectivity index is 2.44. The molecule has 0 bridgehead atoms. The number of methoxy groups -OCH3 is 1. The molecule has 0 aliphatic heterocycles. The summed E-state index contributed by atoms with van der Waals surface area (Å²) in [6.45, 7) is 3.89. The number of aromatic nitrogens is 1. The highest BCUT2D eigenvalue weighted by atomic mass is 16.5. The Labute approximate surface area is 107 Å². The molecule has 0 fully saturated rings. The highest BCUT2D eigenvalue weighted by Crippen LogP contribution is 2.29. The monoisotopic (exact) mass is 243 g/mol. The zero-order valence-corrected chi connectivity index (χ0v) is 10.8. The summed E-state index contributed by atoms with van der Waals surface area (Å²) in [6.07, 6.45) is -0.764. The van der Waals surface area contributed by atoms with Crippen LogP contribution in [0.2, 0.25) is 0 Å². The van der Waals surface area contributed by atoms with E-state index in [-0.39, 0.29) is 0 Å². The van der Waals surface area contributed by atoms with Crippen LogP contribution in [0.3, 0.4) is 0 Å². The van der Waals surface area contributed by atoms with E-state index in [1.54, 1.807) is 7.11 Å². The molecule has 1 heterocycles. The van der Waals surface area contributed by atoms with Gasteiger partial charge in [0.2, 0.25) is 0 Å². The molecule has 0 radical (unpaired) electrons. The lowest BCUT2D eigenvalue weighted by Gasteiger charge is -2.15. The maximum absolute atomic E-state index is 10.4. The van der Waals surface area contributed by atoms with Gasteiger partial charge < -0.3 is 9.84 Å². The van der Waals surface area contributed by atoms with Crippen LogP contribution in [-0.2, 0) is 0 Å². The van der Waals surface area contributed by atoms with Crippen LogP contribution < -0.4 is 4.74 Å². The van der Waals surface area contributed by atoms with Crippen molar-refractivity contribution < 1.29 is 9.84 Å². The third-order valence-electron chi connectivity index (χ3n) is 2.87. The fourth-order valence-corrected chi connectivity index (χ4v) is 1.94. The number of rotatable bonds is 3. The maximum atomic E-state index is 10.4. The van der Waals surface area contributed by atoms with E-state index >= 15 is 0 Å². The minimum Gasteiger partial charge on any atom is -0.496 e. The predicted molar refractivity (Wildman–Crippen MR) is 70.8 cm³/mol. The highest BCUT2D eigenvalue weighted by Gasteiger charge is 2.16. The van der Waals surface area contributed by atoms with Gasteiger partial charge in [-0.1, -0.05) is 17.7 Å². The zero-order valence-electron chi connectivity index (χ0n) is 10.8. The molecule has 1 atom stereocenters. The van der Waals surface area contributed by atoms with Crippen LogP contribution in [0.4, 0.5) is 0 Å². The second kappa shape index (κ2) is 5.19. The second-order valence-electron chi connectivity index (χ2n) is 4.35. The SMILES string of the molecule is COc1ccc(C)cc1C(O)c1cccc(C)n1. The molecular weight excluding hydrogens is 226 g/mol. The number of ether oxygens (including phenoxy) is 1. The van der Waals surface area contributed by atoms with Crippen molar-refractivity contribution in [2.45, 2.75) is 20.0 Å². The molecule has 1 aromatic carbocycles. The van der Waals surface area contributed by atoms with E-state index in [0.717, 1.165) is 16.8 Å². The zero-order chi connectivity index (χ0) is 13.1. The van der Waals surface area contributed by atoms with Crippen molar-refractivity contribution in [1.82, 2.24) is 4.98 Å². The lowest BCUT2D eigenvalue weighted by Crippen LogP contribution is -2.05. The van der Waals surface area contributed by atoms with Crippen LogP contribution in [0, 0.1) is 13.8 Å². The Bertz CT molecular complexity index is 552. The van der Waals surface area contributed by atoms with E-state index in [0.29, 0.717) is 11.4 Å². The highest BCUT2D eigenvalue weighted by molar-refractivity contribution is 5.41. The van der Waals surface area contributed by atoms with Crippen molar-refractivity contribution in [1.29, 1.82) is 0 Å². The number of nitrogens with zero attached hydrogens (tertiary/aromatic N) is 1. The molecule has 3 nitrogen and oxygen atoms in total. The predicted octanol–water partition coefficient (Wildman–Crippen LogP) is 2.79. The largest absolute Gasteiger partial charge is 0.496 e. The molecule has 0 spiro atoms. The molecule has 0 amide bonds. The molecule has 18 heavy (non-hydrogen) atoms. The van der Waals surface area contributed by atoms with Crippen LogP contribution in [0.5, 0.6) is 5.75 Å². The average molecular weight is 243 g/mol. The first-order valence-corrected chi connectivity index (χ1v) is 5.88. The minimum atomic E-state index is -0.764. The van der Waals surface area contributed by atoms with Crippen molar-refractivity contribution >= 4 is 0 Å². The molecule has 3 heteroatoms. The number of aliphatic hydroxyl groups excluding tert-OH is 1. The number of pyridine rings is 1. The third kappa shape index (κ3) is 2.51. The van der Waals surface area contributed by atoms with Crippen molar-refractivity contribution in [3.63, 3.8) is 0 Å². The molecule has 0 saturated carbocycles. The second-order valence-corrected chi connectivity index (χ2v) is 4.35. The molecule has 0 aliphatic rings. The molecule has 94 valence electrons. The molecule has 2 aromatic rings. The molecule has 1 unspecified atom stereocenters. The normalized spacial score (nSPS) is 12.2. The first-order valence-electron chi connectivity index (χ1n) is 5.88. The van der Waals surface area contributed by atoms with Crippen LogP contribution in [0.15, 0.2) is 36.4 Å². The lowest BCUT2D eigenvalue weighted by atomic mass is 10.0. The van der Waals surface area contributed by atoms with Crippen LogP contribution >= 0.6 is 0 Å². The Morgan fingerprint density at radius 1 is 1.17 bits per heavy atom. The van der Waals surface area contributed by atoms with Gasteiger partial charge in [0.1, 0.15) is 11.9 Å². The smallest absolute Gasteiger partial charge is 0.125 e. The Hall–Kier alpha value is -1.87. The van der Waals surface area contributed by atoms with Gasteiger partial charge >= 0.3 is 0 Å². The standard InChI is InChI=1S/C15H17NO2/c1-10-7-8-14(18-3)12(9-10)15(17)13-6-4-5-11(2)16-13/h4-9,15,17H,1-3H3. The van der Waals surface area contributed by atoms with Gasteiger partial charge in [0.25, 0.3) is 0 Å². The summed E-state index contributed by atoms with van der Waals surface area (Å²) in [5.41, 5.74) is 3.35. The minimum absolute atomic E-state index is 0.638. The molecule has 0 aliphatic carbocycles. The van der Waals surface area contributed by atoms with Gasteiger partial charge in [-0.2, -0.15) is 0 Å². The summed E-state index contributed by atoms with van der Waals surface area (Å²) in [4.78, 5) is 4.35. The topological polar surface area (TPSA) is 42.4 Å². The number of hydrogen-bond acceptors (Lipinski definition) is 3. The van der Waals surface area contributed by atoms with Gasteiger partial charge in [-0.15, -0.1) is 0 Å². The Morgan fingerprint density at radius 2 is 1.94 bits per heavy atom. The van der Waals surface area contributed by atoms with E-state index in [1.165, 1.54) is 0 Å². The Kier molecular flexibility index (Phi) is 3.63. The number of hydrogen-bond donors (Lipinski definition) is 1. The van der Waals surface area contributed by atoms with E-state index < -0.39 is 6.10 Å². The molecule has 1 aromatic heterocycles. The number of aryl methyl sites for hydroxylation is 2. The number of benzene rings is 1. The van der Waals surface area contributed by atoms with Gasteiger partial charge in [-0.25, -0.2) is 0 Å². The van der Waals surface area contributed by atoms with Crippen molar-refractivity contribution in [2.24, 2.45) is 0 Å². The molecule has 1 N–H and O–H groups in total. The summed E-state index contributed by atoms with van der Waals surface area (Å²) in [5.74, 6) is 0.677. The van der Waals surface area contributed by atoms with Gasteiger partial charge in [0.15, 0.2) is 0 Å². The van der Waals surface area contributed by atoms with Crippen LogP contribution in [0.25, 0.3) is 0 Å². The average Bonchev–Trinajstić information content (AvgIpc) is 2.38. The Morgan fingerprint density at radius 3 is 2.61 bits per heavy atom. The fraction of sp³-hybridized carbons (Fsp3) is 0.267.